The van der Waals surface area contributed by atoms with E-state index in [1.165, 1.54) is 33.1 Å². The zero-order valence-corrected chi connectivity index (χ0v) is 22.1. The van der Waals surface area contributed by atoms with E-state index < -0.39 is 34.6 Å². The Morgan fingerprint density at radius 2 is 2.16 bits per heavy atom. The summed E-state index contributed by atoms with van der Waals surface area (Å²) in [5.41, 5.74) is 4.22. The highest BCUT2D eigenvalue weighted by atomic mass is 32.2. The minimum atomic E-state index is -1.21. The number of hydrogen-bond donors (Lipinski definition) is 3. The van der Waals surface area contributed by atoms with Crippen LogP contribution in [0.1, 0.15) is 5.82 Å². The second-order valence-corrected chi connectivity index (χ2v) is 11.2. The van der Waals surface area contributed by atoms with Gasteiger partial charge in [0.25, 0.3) is 5.91 Å². The summed E-state index contributed by atoms with van der Waals surface area (Å²) in [4.78, 5) is 49.3. The van der Waals surface area contributed by atoms with E-state index in [0.717, 1.165) is 11.5 Å². The number of amides is 2. The van der Waals surface area contributed by atoms with Crippen LogP contribution >= 0.6 is 35.1 Å². The predicted octanol–water partition coefficient (Wildman–Crippen LogP) is -0.310. The molecule has 3 atom stereocenters. The number of nitrogens with one attached hydrogen (secondary N) is 1. The molecule has 2 amide bonds. The zero-order chi connectivity index (χ0) is 26.9. The molecule has 18 heteroatoms. The molecule has 2 saturated heterocycles. The van der Waals surface area contributed by atoms with Crippen molar-refractivity contribution >= 4 is 63.7 Å². The topological polar surface area (TPSA) is 204 Å². The fourth-order valence-corrected chi connectivity index (χ4v) is 6.90. The molecule has 38 heavy (non-hydrogen) atoms. The summed E-state index contributed by atoms with van der Waals surface area (Å²) in [5, 5.41) is 28.0. The number of benzene rings is 1. The first-order valence-electron chi connectivity index (χ1n) is 11.0. The Kier molecular flexibility index (Phi) is 7.17. The summed E-state index contributed by atoms with van der Waals surface area (Å²) < 4.78 is 5.49. The predicted molar refractivity (Wildman–Crippen MR) is 137 cm³/mol. The van der Waals surface area contributed by atoms with Crippen LogP contribution in [0.4, 0.5) is 5.13 Å². The molecule has 1 aromatic carbocycles. The monoisotopic (exact) mass is 576 g/mol. The van der Waals surface area contributed by atoms with E-state index in [0.29, 0.717) is 10.9 Å². The number of fused-ring (bicyclic) bond motifs is 1. The molecule has 5 rings (SSSR count). The van der Waals surface area contributed by atoms with Gasteiger partial charge in [-0.05, 0) is 22.6 Å². The smallest absolute Gasteiger partial charge is 0.313 e. The van der Waals surface area contributed by atoms with E-state index in [1.807, 2.05) is 0 Å². The molecule has 0 spiro atoms. The summed E-state index contributed by atoms with van der Waals surface area (Å²) in [7, 11) is 1.66. The Morgan fingerprint density at radius 1 is 1.37 bits per heavy atom. The second kappa shape index (κ2) is 10.5. The summed E-state index contributed by atoms with van der Waals surface area (Å²) in [6, 6.07) is 7.71. The van der Waals surface area contributed by atoms with Gasteiger partial charge in [0.1, 0.15) is 16.8 Å². The molecule has 0 aliphatic carbocycles. The fourth-order valence-electron chi connectivity index (χ4n) is 3.76. The molecule has 0 bridgehead atoms. The third-order valence-electron chi connectivity index (χ3n) is 5.80. The molecule has 4 heterocycles. The number of anilines is 1. The van der Waals surface area contributed by atoms with Crippen molar-refractivity contribution in [2.45, 2.75) is 16.6 Å². The average molecular weight is 577 g/mol. The van der Waals surface area contributed by atoms with Gasteiger partial charge in [-0.1, -0.05) is 35.1 Å². The zero-order valence-electron chi connectivity index (χ0n) is 19.6. The number of carbonyl (C=O) groups is 3. The Balaban J connectivity index is 1.28. The number of carbonyl (C=O) groups excluding carboxylic acids is 2. The number of rotatable bonds is 9. The Hall–Kier alpha value is -3.77. The SMILES string of the molecule is Cn1nnnc1SCC1(C(=O)O)CS[C@@H]2C(NC(=O)C(=NOc3ccccc3)c3nsc(N)n3)C(=O)N2C1. The summed E-state index contributed by atoms with van der Waals surface area (Å²) in [5.74, 6) is -1.41. The highest BCUT2D eigenvalue weighted by molar-refractivity contribution is 8.00. The number of para-hydroxylation sites is 1. The third-order valence-corrected chi connectivity index (χ3v) is 9.23. The van der Waals surface area contributed by atoms with Gasteiger partial charge in [0, 0.05) is 36.6 Å². The maximum absolute atomic E-state index is 13.2. The second-order valence-electron chi connectivity index (χ2n) is 8.38. The first kappa shape index (κ1) is 25.9. The first-order chi connectivity index (χ1) is 18.3. The third kappa shape index (κ3) is 5.01. The van der Waals surface area contributed by atoms with E-state index in [4.69, 9.17) is 10.6 Å². The molecule has 3 aromatic rings. The van der Waals surface area contributed by atoms with Gasteiger partial charge in [0.05, 0.1) is 0 Å². The van der Waals surface area contributed by atoms with Gasteiger partial charge in [-0.15, -0.1) is 16.9 Å². The first-order valence-corrected chi connectivity index (χ1v) is 13.8. The number of aryl methyl sites for hydroxylation is 1. The van der Waals surface area contributed by atoms with Crippen molar-refractivity contribution in [3.8, 4) is 5.75 Å². The van der Waals surface area contributed by atoms with Gasteiger partial charge in [0.15, 0.2) is 10.9 Å². The lowest BCUT2D eigenvalue weighted by Crippen LogP contribution is -2.74. The van der Waals surface area contributed by atoms with Gasteiger partial charge in [-0.2, -0.15) is 9.36 Å². The lowest BCUT2D eigenvalue weighted by atomic mass is 9.89. The van der Waals surface area contributed by atoms with Crippen LogP contribution in [0.2, 0.25) is 0 Å². The quantitative estimate of drug-likeness (QED) is 0.130. The normalized spacial score (nSPS) is 22.9. The lowest BCUT2D eigenvalue weighted by Gasteiger charge is -2.53. The number of hydrogen-bond acceptors (Lipinski definition) is 14. The van der Waals surface area contributed by atoms with Crippen molar-refractivity contribution in [3.05, 3.63) is 36.2 Å². The maximum atomic E-state index is 13.2. The van der Waals surface area contributed by atoms with Crippen molar-refractivity contribution in [2.75, 3.05) is 23.8 Å². The summed E-state index contributed by atoms with van der Waals surface area (Å²) in [6.45, 7) is -0.00821. The van der Waals surface area contributed by atoms with Crippen LogP contribution in [0.25, 0.3) is 0 Å². The highest BCUT2D eigenvalue weighted by Gasteiger charge is 2.57. The van der Waals surface area contributed by atoms with Crippen molar-refractivity contribution in [3.63, 3.8) is 0 Å². The molecule has 2 aromatic heterocycles. The molecule has 15 nitrogen and oxygen atoms in total. The van der Waals surface area contributed by atoms with E-state index in [2.05, 4.69) is 35.4 Å². The highest BCUT2D eigenvalue weighted by Crippen LogP contribution is 2.44. The molecule has 0 radical (unpaired) electrons. The number of aliphatic carboxylic acids is 1. The number of nitrogens with two attached hydrogens (primary N) is 1. The van der Waals surface area contributed by atoms with Gasteiger partial charge >= 0.3 is 5.97 Å². The van der Waals surface area contributed by atoms with Gasteiger partial charge < -0.3 is 25.9 Å². The van der Waals surface area contributed by atoms with Crippen molar-refractivity contribution < 1.29 is 24.3 Å². The molecule has 4 N–H and O–H groups in total. The minimum Gasteiger partial charge on any atom is -0.481 e. The summed E-state index contributed by atoms with van der Waals surface area (Å²) in [6.07, 6.45) is 0. The molecule has 2 aliphatic rings. The average Bonchev–Trinajstić information content (AvgIpc) is 3.54. The van der Waals surface area contributed by atoms with E-state index in [-0.39, 0.29) is 34.7 Å². The number of β-lactam (4-membered cyclic amide) rings is 1. The number of carboxylic acids is 1. The Morgan fingerprint density at radius 3 is 2.82 bits per heavy atom. The number of nitrogen functional groups attached to an aromatic ring is 1. The maximum Gasteiger partial charge on any atom is 0.313 e. The van der Waals surface area contributed by atoms with E-state index >= 15 is 0 Å². The number of oxime groups is 1. The van der Waals surface area contributed by atoms with Crippen LogP contribution in [0, 0.1) is 5.41 Å². The van der Waals surface area contributed by atoms with Crippen molar-refractivity contribution in [1.82, 2.24) is 39.8 Å². The molecule has 2 unspecified atom stereocenters. The minimum absolute atomic E-state index is 0.00821. The van der Waals surface area contributed by atoms with Crippen molar-refractivity contribution in [1.29, 1.82) is 0 Å². The standard InChI is InChI=1S/C20H20N10O5S3/c1-29-19(24-27-28-29)37-9-20(17(33)34)7-30-15(32)12(16(30)36-8-20)22-14(31)11(13-23-18(21)38-26-13)25-35-10-5-3-2-4-6-10/h2-6,12,16H,7-9H2,1H3,(H,22,31)(H,33,34)(H2,21,23,26)/t12?,16-,20?/m1/s1. The molecular formula is C20H20N10O5S3. The lowest BCUT2D eigenvalue weighted by molar-refractivity contribution is -0.157. The summed E-state index contributed by atoms with van der Waals surface area (Å²) >= 11 is 3.38. The molecule has 198 valence electrons. The van der Waals surface area contributed by atoms with Crippen LogP contribution in [-0.4, -0.2) is 92.5 Å². The molecule has 2 fully saturated rings. The van der Waals surface area contributed by atoms with E-state index in [9.17, 15) is 19.5 Å². The van der Waals surface area contributed by atoms with E-state index in [1.54, 1.807) is 37.4 Å². The number of carboxylic acid groups (broad SMARTS) is 1. The van der Waals surface area contributed by atoms with Gasteiger partial charge in [-0.25, -0.2) is 4.68 Å². The van der Waals surface area contributed by atoms with Gasteiger partial charge in [-0.3, -0.25) is 14.4 Å². The van der Waals surface area contributed by atoms with Crippen LogP contribution in [0.5, 0.6) is 5.75 Å². The number of tetrazole rings is 1. The Bertz CT molecular complexity index is 1400. The largest absolute Gasteiger partial charge is 0.481 e. The van der Waals surface area contributed by atoms with Crippen LogP contribution in [0.15, 0.2) is 40.6 Å². The van der Waals surface area contributed by atoms with Crippen LogP contribution in [0.3, 0.4) is 0 Å². The number of thioether (sulfide) groups is 2. The number of nitrogens with zero attached hydrogens (tertiary/aromatic N) is 8. The number of aromatic nitrogens is 6. The molecular weight excluding hydrogens is 556 g/mol. The molecule has 2 aliphatic heterocycles. The van der Waals surface area contributed by atoms with Gasteiger partial charge in [0.2, 0.25) is 22.6 Å². The fraction of sp³-hybridized carbons (Fsp3) is 0.350. The van der Waals surface area contributed by atoms with Crippen LogP contribution in [-0.2, 0) is 21.4 Å². The Labute approximate surface area is 227 Å². The van der Waals surface area contributed by atoms with Crippen LogP contribution < -0.4 is 15.9 Å². The van der Waals surface area contributed by atoms with Crippen molar-refractivity contribution in [2.24, 2.45) is 17.6 Å². The molecule has 0 saturated carbocycles.